The Morgan fingerprint density at radius 3 is 2.62 bits per heavy atom. The van der Waals surface area contributed by atoms with Gasteiger partial charge in [0.25, 0.3) is 0 Å². The van der Waals surface area contributed by atoms with Crippen LogP contribution in [0.15, 0.2) is 12.6 Å². The van der Waals surface area contributed by atoms with Crippen LogP contribution in [0.3, 0.4) is 0 Å². The molecule has 1 aliphatic rings. The number of aryl methyl sites for hydroxylation is 2. The van der Waals surface area contributed by atoms with E-state index in [0.717, 1.165) is 28.8 Å². The highest BCUT2D eigenvalue weighted by Gasteiger charge is 2.22. The van der Waals surface area contributed by atoms with Gasteiger partial charge in [-0.25, -0.2) is 4.79 Å². The monoisotopic (exact) mass is 216 g/mol. The number of urea groups is 1. The van der Waals surface area contributed by atoms with Crippen molar-refractivity contribution in [1.82, 2.24) is 5.32 Å². The maximum Gasteiger partial charge on any atom is 0.323 e. The second kappa shape index (κ2) is 3.67. The fourth-order valence-electron chi connectivity index (χ4n) is 2.24. The number of nitrogens with one attached hydrogen (secondary N) is 2. The predicted octanol–water partition coefficient (Wildman–Crippen LogP) is 2.97. The minimum Gasteiger partial charge on any atom is -0.308 e. The van der Waals surface area contributed by atoms with Crippen molar-refractivity contribution in [2.45, 2.75) is 27.2 Å². The highest BCUT2D eigenvalue weighted by Crippen LogP contribution is 2.33. The standard InChI is InChI=1S/C13H16N2O/c1-5-10-6-7(2)11-9(4)14-13(16)15-12(11)8(10)3/h6H,4-5H2,1-3H3,(H2,14,15,16). The quantitative estimate of drug-likeness (QED) is 0.744. The number of carbonyl (C=O) groups excluding carboxylic acids is 1. The van der Waals surface area contributed by atoms with Crippen LogP contribution in [0.1, 0.15) is 29.2 Å². The Balaban J connectivity index is 2.71. The second-order valence-electron chi connectivity index (χ2n) is 4.14. The molecule has 0 unspecified atom stereocenters. The molecule has 1 heterocycles. The van der Waals surface area contributed by atoms with E-state index in [9.17, 15) is 4.79 Å². The zero-order chi connectivity index (χ0) is 11.9. The van der Waals surface area contributed by atoms with E-state index in [2.05, 4.69) is 30.2 Å². The molecule has 1 aromatic rings. The van der Waals surface area contributed by atoms with Crippen LogP contribution in [0, 0.1) is 13.8 Å². The van der Waals surface area contributed by atoms with E-state index < -0.39 is 0 Å². The van der Waals surface area contributed by atoms with Crippen molar-refractivity contribution in [3.8, 4) is 0 Å². The van der Waals surface area contributed by atoms with Crippen molar-refractivity contribution in [1.29, 1.82) is 0 Å². The summed E-state index contributed by atoms with van der Waals surface area (Å²) in [6.45, 7) is 10.1. The number of hydrogen-bond acceptors (Lipinski definition) is 1. The molecule has 1 aliphatic heterocycles. The first-order valence-electron chi connectivity index (χ1n) is 5.45. The van der Waals surface area contributed by atoms with Gasteiger partial charge in [0.1, 0.15) is 0 Å². The lowest BCUT2D eigenvalue weighted by Crippen LogP contribution is -2.33. The van der Waals surface area contributed by atoms with Crippen molar-refractivity contribution < 1.29 is 4.79 Å². The molecule has 0 aliphatic carbocycles. The third-order valence-corrected chi connectivity index (χ3v) is 3.08. The fourth-order valence-corrected chi connectivity index (χ4v) is 2.24. The Morgan fingerprint density at radius 1 is 1.31 bits per heavy atom. The van der Waals surface area contributed by atoms with Gasteiger partial charge in [-0.2, -0.15) is 0 Å². The normalized spacial score (nSPS) is 14.2. The molecule has 0 fully saturated rings. The van der Waals surface area contributed by atoms with Crippen LogP contribution >= 0.6 is 0 Å². The molecule has 2 amide bonds. The van der Waals surface area contributed by atoms with Gasteiger partial charge < -0.3 is 10.6 Å². The van der Waals surface area contributed by atoms with E-state index in [1.165, 1.54) is 5.56 Å². The molecule has 3 nitrogen and oxygen atoms in total. The average Bonchev–Trinajstić information content (AvgIpc) is 2.22. The number of fused-ring (bicyclic) bond motifs is 1. The minimum absolute atomic E-state index is 0.201. The molecule has 3 heteroatoms. The summed E-state index contributed by atoms with van der Waals surface area (Å²) in [5.41, 5.74) is 6.17. The van der Waals surface area contributed by atoms with Gasteiger partial charge in [-0.15, -0.1) is 0 Å². The minimum atomic E-state index is -0.201. The highest BCUT2D eigenvalue weighted by atomic mass is 16.2. The first-order chi connectivity index (χ1) is 7.54. The van der Waals surface area contributed by atoms with Crippen LogP contribution in [-0.2, 0) is 6.42 Å². The third kappa shape index (κ3) is 1.48. The van der Waals surface area contributed by atoms with Crippen molar-refractivity contribution in [3.63, 3.8) is 0 Å². The largest absolute Gasteiger partial charge is 0.323 e. The third-order valence-electron chi connectivity index (χ3n) is 3.08. The first kappa shape index (κ1) is 10.7. The smallest absolute Gasteiger partial charge is 0.308 e. The van der Waals surface area contributed by atoms with Gasteiger partial charge in [0.05, 0.1) is 5.69 Å². The topological polar surface area (TPSA) is 41.1 Å². The molecule has 2 N–H and O–H groups in total. The van der Waals surface area contributed by atoms with E-state index in [4.69, 9.17) is 0 Å². The van der Waals surface area contributed by atoms with Gasteiger partial charge in [-0.1, -0.05) is 19.6 Å². The van der Waals surface area contributed by atoms with Gasteiger partial charge in [0.2, 0.25) is 0 Å². The van der Waals surface area contributed by atoms with Crippen molar-refractivity contribution in [2.24, 2.45) is 0 Å². The molecule has 0 radical (unpaired) electrons. The van der Waals surface area contributed by atoms with Crippen molar-refractivity contribution in [3.05, 3.63) is 34.9 Å². The lowest BCUT2D eigenvalue weighted by Gasteiger charge is -2.25. The molecule has 0 aromatic heterocycles. The molecule has 84 valence electrons. The summed E-state index contributed by atoms with van der Waals surface area (Å²) in [6, 6.07) is 1.96. The Morgan fingerprint density at radius 2 is 2.00 bits per heavy atom. The highest BCUT2D eigenvalue weighted by molar-refractivity contribution is 6.04. The van der Waals surface area contributed by atoms with Gasteiger partial charge in [0, 0.05) is 11.3 Å². The lowest BCUT2D eigenvalue weighted by molar-refractivity contribution is 0.255. The Labute approximate surface area is 95.6 Å². The maximum atomic E-state index is 11.4. The number of hydrogen-bond donors (Lipinski definition) is 2. The molecule has 0 atom stereocenters. The number of carbonyl (C=O) groups is 1. The van der Waals surface area contributed by atoms with Gasteiger partial charge in [0.15, 0.2) is 0 Å². The predicted molar refractivity (Wildman–Crippen MR) is 66.5 cm³/mol. The van der Waals surface area contributed by atoms with Gasteiger partial charge >= 0.3 is 6.03 Å². The fraction of sp³-hybridized carbons (Fsp3) is 0.308. The number of amides is 2. The zero-order valence-corrected chi connectivity index (χ0v) is 9.90. The summed E-state index contributed by atoms with van der Waals surface area (Å²) in [6.07, 6.45) is 0.968. The molecular formula is C13H16N2O. The molecular weight excluding hydrogens is 200 g/mol. The molecule has 16 heavy (non-hydrogen) atoms. The molecule has 1 aromatic carbocycles. The number of benzene rings is 1. The molecule has 0 saturated heterocycles. The first-order valence-corrected chi connectivity index (χ1v) is 5.45. The van der Waals surface area contributed by atoms with Crippen molar-refractivity contribution >= 4 is 17.4 Å². The van der Waals surface area contributed by atoms with Crippen LogP contribution in [0.5, 0.6) is 0 Å². The summed E-state index contributed by atoms with van der Waals surface area (Å²) in [5, 5.41) is 5.56. The van der Waals surface area contributed by atoms with Crippen LogP contribution < -0.4 is 10.6 Å². The molecule has 2 rings (SSSR count). The maximum absolute atomic E-state index is 11.4. The summed E-state index contributed by atoms with van der Waals surface area (Å²) in [5.74, 6) is 0. The van der Waals surface area contributed by atoms with E-state index in [1.807, 2.05) is 13.8 Å². The SMILES string of the molecule is C=C1NC(=O)Nc2c(C)c(CC)cc(C)c21. The van der Waals surface area contributed by atoms with Gasteiger partial charge in [-0.05, 0) is 37.0 Å². The van der Waals surface area contributed by atoms with E-state index in [0.29, 0.717) is 5.70 Å². The van der Waals surface area contributed by atoms with Gasteiger partial charge in [-0.3, -0.25) is 0 Å². The van der Waals surface area contributed by atoms with E-state index in [1.54, 1.807) is 0 Å². The van der Waals surface area contributed by atoms with Crippen LogP contribution in [0.25, 0.3) is 5.70 Å². The summed E-state index contributed by atoms with van der Waals surface area (Å²) in [7, 11) is 0. The molecule has 0 bridgehead atoms. The number of rotatable bonds is 1. The van der Waals surface area contributed by atoms with Crippen LogP contribution in [-0.4, -0.2) is 6.03 Å². The summed E-state index contributed by atoms with van der Waals surface area (Å²) >= 11 is 0. The second-order valence-corrected chi connectivity index (χ2v) is 4.14. The lowest BCUT2D eigenvalue weighted by atomic mass is 9.93. The zero-order valence-electron chi connectivity index (χ0n) is 9.90. The molecule has 0 saturated carbocycles. The van der Waals surface area contributed by atoms with E-state index >= 15 is 0 Å². The van der Waals surface area contributed by atoms with Crippen LogP contribution in [0.4, 0.5) is 10.5 Å². The summed E-state index contributed by atoms with van der Waals surface area (Å²) < 4.78 is 0. The Bertz CT molecular complexity index is 489. The Kier molecular flexibility index (Phi) is 2.46. The number of anilines is 1. The van der Waals surface area contributed by atoms with E-state index in [-0.39, 0.29) is 6.03 Å². The Hall–Kier alpha value is -1.77. The average molecular weight is 216 g/mol. The van der Waals surface area contributed by atoms with Crippen molar-refractivity contribution in [2.75, 3.05) is 5.32 Å². The van der Waals surface area contributed by atoms with Crippen LogP contribution in [0.2, 0.25) is 0 Å². The molecule has 0 spiro atoms. The summed E-state index contributed by atoms with van der Waals surface area (Å²) in [4.78, 5) is 11.4.